The van der Waals surface area contributed by atoms with Crippen molar-refractivity contribution in [3.63, 3.8) is 0 Å². The van der Waals surface area contributed by atoms with Crippen molar-refractivity contribution < 1.29 is 37.0 Å². The highest BCUT2D eigenvalue weighted by Gasteiger charge is 2.27. The van der Waals surface area contributed by atoms with Gasteiger partial charge >= 0.3 is 11.9 Å². The Kier molecular flexibility index (Phi) is 8.55. The summed E-state index contributed by atoms with van der Waals surface area (Å²) in [5, 5.41) is 2.57. The van der Waals surface area contributed by atoms with Crippen LogP contribution in [-0.2, 0) is 19.5 Å². The lowest BCUT2D eigenvalue weighted by Gasteiger charge is -2.20. The van der Waals surface area contributed by atoms with Crippen LogP contribution in [0.3, 0.4) is 0 Å². The van der Waals surface area contributed by atoms with Gasteiger partial charge in [-0.3, -0.25) is 4.79 Å². The lowest BCUT2D eigenvalue weighted by molar-refractivity contribution is 0.0598. The molecule has 0 radical (unpaired) electrons. The fourth-order valence-corrected chi connectivity index (χ4v) is 4.74. The summed E-state index contributed by atoms with van der Waals surface area (Å²) in [4.78, 5) is 36.7. The van der Waals surface area contributed by atoms with Gasteiger partial charge in [-0.2, -0.15) is 4.31 Å². The van der Waals surface area contributed by atoms with Gasteiger partial charge < -0.3 is 19.5 Å². The van der Waals surface area contributed by atoms with E-state index in [-0.39, 0.29) is 46.1 Å². The molecule has 0 unspecified atom stereocenters. The van der Waals surface area contributed by atoms with E-state index >= 15 is 0 Å². The number of nitrogens with one attached hydrogen (secondary N) is 1. The second kappa shape index (κ2) is 10.9. The zero-order valence-corrected chi connectivity index (χ0v) is 19.8. The first-order valence-electron chi connectivity index (χ1n) is 9.94. The van der Waals surface area contributed by atoms with Gasteiger partial charge in [-0.1, -0.05) is 13.8 Å². The molecule has 0 fully saturated rings. The van der Waals surface area contributed by atoms with Crippen LogP contribution in [-0.4, -0.2) is 65.0 Å². The maximum absolute atomic E-state index is 13.0. The summed E-state index contributed by atoms with van der Waals surface area (Å²) in [6.45, 7) is 3.90. The molecule has 0 heterocycles. The maximum Gasteiger partial charge on any atom is 0.337 e. The summed E-state index contributed by atoms with van der Waals surface area (Å²) >= 11 is 0. The standard InChI is InChI=1S/C22H26N2O8S/c1-6-24(7-2)33(28,29)19-13-14(8-9-18(19)30-3)20(25)23-17-11-15(21(26)31-4)10-16(12-17)22(27)32-5/h8-13H,6-7H2,1-5H3,(H,23,25). The summed E-state index contributed by atoms with van der Waals surface area (Å²) in [6, 6.07) is 7.93. The van der Waals surface area contributed by atoms with Gasteiger partial charge in [0.2, 0.25) is 10.0 Å². The second-order valence-corrected chi connectivity index (χ2v) is 8.60. The Morgan fingerprint density at radius 1 is 0.848 bits per heavy atom. The number of benzene rings is 2. The first kappa shape index (κ1) is 25.8. The Morgan fingerprint density at radius 2 is 1.39 bits per heavy atom. The molecule has 1 amide bonds. The molecule has 0 aliphatic heterocycles. The smallest absolute Gasteiger partial charge is 0.337 e. The molecule has 0 spiro atoms. The first-order valence-corrected chi connectivity index (χ1v) is 11.4. The number of sulfonamides is 1. The fraction of sp³-hybridized carbons (Fsp3) is 0.318. The highest BCUT2D eigenvalue weighted by atomic mass is 32.2. The number of carbonyl (C=O) groups excluding carboxylic acids is 3. The number of hydrogen-bond acceptors (Lipinski definition) is 8. The average molecular weight is 479 g/mol. The average Bonchev–Trinajstić information content (AvgIpc) is 2.82. The molecule has 33 heavy (non-hydrogen) atoms. The van der Waals surface area contributed by atoms with E-state index in [0.29, 0.717) is 0 Å². The normalized spacial score (nSPS) is 11.1. The number of carbonyl (C=O) groups is 3. The monoisotopic (exact) mass is 478 g/mol. The molecule has 0 bridgehead atoms. The van der Waals surface area contributed by atoms with Crippen LogP contribution in [0.1, 0.15) is 44.9 Å². The minimum Gasteiger partial charge on any atom is -0.495 e. The number of ether oxygens (including phenoxy) is 3. The van der Waals surface area contributed by atoms with Gasteiger partial charge in [0, 0.05) is 24.3 Å². The van der Waals surface area contributed by atoms with Gasteiger partial charge in [-0.05, 0) is 36.4 Å². The Bertz CT molecular complexity index is 1120. The van der Waals surface area contributed by atoms with Crippen molar-refractivity contribution in [2.45, 2.75) is 18.7 Å². The fourth-order valence-electron chi connectivity index (χ4n) is 3.10. The Morgan fingerprint density at radius 3 is 1.85 bits per heavy atom. The largest absolute Gasteiger partial charge is 0.495 e. The van der Waals surface area contributed by atoms with Crippen molar-refractivity contribution in [2.75, 3.05) is 39.7 Å². The van der Waals surface area contributed by atoms with Crippen LogP contribution in [0.2, 0.25) is 0 Å². The molecule has 0 aliphatic carbocycles. The van der Waals surface area contributed by atoms with Crippen molar-refractivity contribution in [2.24, 2.45) is 0 Å². The van der Waals surface area contributed by atoms with E-state index in [4.69, 9.17) is 4.74 Å². The predicted molar refractivity (Wildman–Crippen MR) is 120 cm³/mol. The van der Waals surface area contributed by atoms with E-state index in [1.54, 1.807) is 13.8 Å². The van der Waals surface area contributed by atoms with Crippen molar-refractivity contribution in [3.8, 4) is 5.75 Å². The Balaban J connectivity index is 2.49. The molecule has 0 atom stereocenters. The molecule has 2 rings (SSSR count). The lowest BCUT2D eigenvalue weighted by Crippen LogP contribution is -2.31. The first-order chi connectivity index (χ1) is 15.6. The lowest BCUT2D eigenvalue weighted by atomic mass is 10.1. The number of amides is 1. The third kappa shape index (κ3) is 5.68. The van der Waals surface area contributed by atoms with Crippen LogP contribution < -0.4 is 10.1 Å². The molecule has 11 heteroatoms. The highest BCUT2D eigenvalue weighted by Crippen LogP contribution is 2.28. The third-order valence-corrected chi connectivity index (χ3v) is 6.85. The van der Waals surface area contributed by atoms with Crippen LogP contribution in [0.5, 0.6) is 5.75 Å². The van der Waals surface area contributed by atoms with Gasteiger partial charge in [0.05, 0.1) is 32.5 Å². The topological polar surface area (TPSA) is 128 Å². The molecule has 0 aromatic heterocycles. The minimum atomic E-state index is -3.91. The van der Waals surface area contributed by atoms with E-state index < -0.39 is 27.9 Å². The van der Waals surface area contributed by atoms with E-state index in [0.717, 1.165) is 0 Å². The van der Waals surface area contributed by atoms with Crippen LogP contribution >= 0.6 is 0 Å². The van der Waals surface area contributed by atoms with Crippen molar-refractivity contribution in [1.29, 1.82) is 0 Å². The van der Waals surface area contributed by atoms with Crippen molar-refractivity contribution in [1.82, 2.24) is 4.31 Å². The molecule has 178 valence electrons. The summed E-state index contributed by atoms with van der Waals surface area (Å²) in [5.41, 5.74) is 0.197. The van der Waals surface area contributed by atoms with Gasteiger partial charge in [-0.25, -0.2) is 18.0 Å². The number of nitrogens with zero attached hydrogens (tertiary/aromatic N) is 1. The van der Waals surface area contributed by atoms with E-state index in [9.17, 15) is 22.8 Å². The highest BCUT2D eigenvalue weighted by molar-refractivity contribution is 7.89. The molecule has 2 aromatic rings. The molecule has 1 N–H and O–H groups in total. The Hall–Kier alpha value is -3.44. The van der Waals surface area contributed by atoms with Gasteiger partial charge in [0.15, 0.2) is 0 Å². The summed E-state index contributed by atoms with van der Waals surface area (Å²) in [5.74, 6) is -1.99. The van der Waals surface area contributed by atoms with Crippen molar-refractivity contribution >= 4 is 33.6 Å². The summed E-state index contributed by atoms with van der Waals surface area (Å²) in [7, 11) is -0.211. The third-order valence-electron chi connectivity index (χ3n) is 4.78. The van der Waals surface area contributed by atoms with E-state index in [1.165, 1.54) is 62.0 Å². The summed E-state index contributed by atoms with van der Waals surface area (Å²) < 4.78 is 41.9. The molecular weight excluding hydrogens is 452 g/mol. The molecule has 0 saturated heterocycles. The maximum atomic E-state index is 13.0. The second-order valence-electron chi connectivity index (χ2n) is 6.69. The number of methoxy groups -OCH3 is 3. The van der Waals surface area contributed by atoms with Crippen LogP contribution in [0.15, 0.2) is 41.3 Å². The number of hydrogen-bond donors (Lipinski definition) is 1. The zero-order valence-electron chi connectivity index (χ0n) is 19.0. The van der Waals surface area contributed by atoms with Gasteiger partial charge in [0.1, 0.15) is 10.6 Å². The van der Waals surface area contributed by atoms with E-state index in [1.807, 2.05) is 0 Å². The molecule has 10 nitrogen and oxygen atoms in total. The molecule has 2 aromatic carbocycles. The van der Waals surface area contributed by atoms with Crippen LogP contribution in [0, 0.1) is 0 Å². The number of esters is 2. The predicted octanol–water partition coefficient (Wildman–Crippen LogP) is 2.55. The summed E-state index contributed by atoms with van der Waals surface area (Å²) in [6.07, 6.45) is 0. The van der Waals surface area contributed by atoms with Gasteiger partial charge in [0.25, 0.3) is 5.91 Å². The van der Waals surface area contributed by atoms with Crippen molar-refractivity contribution in [3.05, 3.63) is 53.1 Å². The number of anilines is 1. The SMILES string of the molecule is CCN(CC)S(=O)(=O)c1cc(C(=O)Nc2cc(C(=O)OC)cc(C(=O)OC)c2)ccc1OC. The molecule has 0 aliphatic rings. The van der Waals surface area contributed by atoms with E-state index in [2.05, 4.69) is 14.8 Å². The molecular formula is C22H26N2O8S. The molecule has 0 saturated carbocycles. The minimum absolute atomic E-state index is 0.0234. The number of rotatable bonds is 9. The quantitative estimate of drug-likeness (QED) is 0.545. The van der Waals surface area contributed by atoms with Crippen LogP contribution in [0.25, 0.3) is 0 Å². The van der Waals surface area contributed by atoms with Gasteiger partial charge in [-0.15, -0.1) is 0 Å². The zero-order chi connectivity index (χ0) is 24.8. The Labute approximate surface area is 192 Å². The van der Waals surface area contributed by atoms with Crippen LogP contribution in [0.4, 0.5) is 5.69 Å².